The minimum Gasteiger partial charge on any atom is -0.497 e. The molecule has 1 unspecified atom stereocenters. The highest BCUT2D eigenvalue weighted by Gasteiger charge is 2.16. The Kier molecular flexibility index (Phi) is 5.15. The van der Waals surface area contributed by atoms with Gasteiger partial charge in [-0.15, -0.1) is 11.6 Å². The number of methoxy groups -OCH3 is 1. The van der Waals surface area contributed by atoms with E-state index in [0.29, 0.717) is 0 Å². The van der Waals surface area contributed by atoms with Gasteiger partial charge in [-0.3, -0.25) is 0 Å². The number of ether oxygens (including phenoxy) is 1. The molecule has 19 heavy (non-hydrogen) atoms. The Morgan fingerprint density at radius 3 is 2.53 bits per heavy atom. The molecule has 0 saturated carbocycles. The maximum absolute atomic E-state index is 6.64. The van der Waals surface area contributed by atoms with Crippen molar-refractivity contribution < 1.29 is 4.74 Å². The van der Waals surface area contributed by atoms with E-state index >= 15 is 0 Å². The summed E-state index contributed by atoms with van der Waals surface area (Å²) in [4.78, 5) is 0. The van der Waals surface area contributed by atoms with Crippen molar-refractivity contribution >= 4 is 50.1 Å². The van der Waals surface area contributed by atoms with Gasteiger partial charge in [0.2, 0.25) is 0 Å². The number of alkyl halides is 1. The van der Waals surface area contributed by atoms with Gasteiger partial charge in [0, 0.05) is 8.04 Å². The van der Waals surface area contributed by atoms with E-state index in [2.05, 4.69) is 57.6 Å². The van der Waals surface area contributed by atoms with Crippen LogP contribution in [0.2, 0.25) is 0 Å². The van der Waals surface area contributed by atoms with Crippen LogP contribution in [-0.2, 0) is 0 Å². The van der Waals surface area contributed by atoms with Gasteiger partial charge in [-0.05, 0) is 76.5 Å². The van der Waals surface area contributed by atoms with E-state index < -0.39 is 0 Å². The first-order valence-corrected chi connectivity index (χ1v) is 8.07. The smallest absolute Gasteiger partial charge is 0.119 e. The third-order valence-electron chi connectivity index (χ3n) is 2.98. The van der Waals surface area contributed by atoms with Crippen molar-refractivity contribution in [3.63, 3.8) is 0 Å². The van der Waals surface area contributed by atoms with Crippen LogP contribution in [0.25, 0.3) is 0 Å². The summed E-state index contributed by atoms with van der Waals surface area (Å²) in [6.45, 7) is 2.05. The van der Waals surface area contributed by atoms with Crippen molar-refractivity contribution in [3.05, 3.63) is 61.1 Å². The predicted octanol–water partition coefficient (Wildman–Crippen LogP) is 5.70. The highest BCUT2D eigenvalue weighted by atomic mass is 127. The van der Waals surface area contributed by atoms with Crippen LogP contribution in [-0.4, -0.2) is 7.11 Å². The monoisotopic (exact) mass is 450 g/mol. The molecular weight excluding hydrogens is 438 g/mol. The van der Waals surface area contributed by atoms with Crippen LogP contribution in [0.5, 0.6) is 5.75 Å². The van der Waals surface area contributed by atoms with Gasteiger partial charge in [0.05, 0.1) is 12.5 Å². The van der Waals surface area contributed by atoms with Crippen LogP contribution >= 0.6 is 50.1 Å². The molecule has 0 fully saturated rings. The van der Waals surface area contributed by atoms with E-state index in [-0.39, 0.29) is 5.38 Å². The molecule has 0 heterocycles. The van der Waals surface area contributed by atoms with Crippen molar-refractivity contribution in [3.8, 4) is 5.75 Å². The first kappa shape index (κ1) is 15.1. The zero-order valence-electron chi connectivity index (χ0n) is 10.6. The van der Waals surface area contributed by atoms with Crippen molar-refractivity contribution in [2.24, 2.45) is 0 Å². The number of rotatable bonds is 3. The van der Waals surface area contributed by atoms with Gasteiger partial charge in [0.15, 0.2) is 0 Å². The van der Waals surface area contributed by atoms with Gasteiger partial charge in [-0.25, -0.2) is 0 Å². The normalized spacial score (nSPS) is 12.3. The minimum atomic E-state index is -0.157. The van der Waals surface area contributed by atoms with E-state index in [0.717, 1.165) is 30.5 Å². The second-order valence-corrected chi connectivity index (χ2v) is 6.77. The van der Waals surface area contributed by atoms with Gasteiger partial charge >= 0.3 is 0 Å². The van der Waals surface area contributed by atoms with Crippen LogP contribution in [0, 0.1) is 10.5 Å². The molecule has 0 spiro atoms. The summed E-state index contributed by atoms with van der Waals surface area (Å²) in [5, 5.41) is -0.157. The molecule has 0 bridgehead atoms. The van der Waals surface area contributed by atoms with Crippen molar-refractivity contribution in [1.82, 2.24) is 0 Å². The molecule has 0 saturated heterocycles. The van der Waals surface area contributed by atoms with Crippen LogP contribution in [0.3, 0.4) is 0 Å². The fraction of sp³-hybridized carbons (Fsp3) is 0.200. The Morgan fingerprint density at radius 1 is 1.16 bits per heavy atom. The number of hydrogen-bond acceptors (Lipinski definition) is 1. The maximum Gasteiger partial charge on any atom is 0.119 e. The lowest BCUT2D eigenvalue weighted by Crippen LogP contribution is -1.99. The molecule has 0 radical (unpaired) electrons. The Labute approximate surface area is 140 Å². The molecule has 1 atom stereocenters. The van der Waals surface area contributed by atoms with E-state index in [9.17, 15) is 0 Å². The van der Waals surface area contributed by atoms with Gasteiger partial charge < -0.3 is 4.74 Å². The van der Waals surface area contributed by atoms with E-state index in [4.69, 9.17) is 16.3 Å². The highest BCUT2D eigenvalue weighted by molar-refractivity contribution is 14.1. The summed E-state index contributed by atoms with van der Waals surface area (Å²) >= 11 is 12.5. The number of hydrogen-bond donors (Lipinski definition) is 0. The zero-order chi connectivity index (χ0) is 14.0. The summed E-state index contributed by atoms with van der Waals surface area (Å²) in [5.74, 6) is 0.856. The molecular formula is C15H13BrClIO. The fourth-order valence-corrected chi connectivity index (χ4v) is 3.57. The zero-order valence-corrected chi connectivity index (χ0v) is 15.1. The lowest BCUT2D eigenvalue weighted by Gasteiger charge is -2.16. The first-order valence-electron chi connectivity index (χ1n) is 5.76. The second-order valence-electron chi connectivity index (χ2n) is 4.25. The van der Waals surface area contributed by atoms with E-state index in [1.807, 2.05) is 24.3 Å². The maximum atomic E-state index is 6.64. The summed E-state index contributed by atoms with van der Waals surface area (Å²) in [5.41, 5.74) is 3.36. The second kappa shape index (κ2) is 6.46. The summed E-state index contributed by atoms with van der Waals surface area (Å²) < 4.78 is 7.43. The van der Waals surface area contributed by atoms with Crippen LogP contribution in [0.15, 0.2) is 40.9 Å². The lowest BCUT2D eigenvalue weighted by molar-refractivity contribution is 0.414. The highest BCUT2D eigenvalue weighted by Crippen LogP contribution is 2.36. The molecule has 4 heteroatoms. The lowest BCUT2D eigenvalue weighted by atomic mass is 10.00. The number of halogens is 3. The molecule has 0 N–H and O–H groups in total. The minimum absolute atomic E-state index is 0.157. The predicted molar refractivity (Wildman–Crippen MR) is 92.3 cm³/mol. The number of aryl methyl sites for hydroxylation is 1. The largest absolute Gasteiger partial charge is 0.497 e. The third kappa shape index (κ3) is 3.44. The van der Waals surface area contributed by atoms with Crippen LogP contribution in [0.4, 0.5) is 0 Å². The standard InChI is InChI=1S/C15H13BrClIO/c1-9-7-11(19-2)4-5-12(9)15(17)13-8-10(16)3-6-14(13)18/h3-8,15H,1-2H3. The summed E-state index contributed by atoms with van der Waals surface area (Å²) in [6.07, 6.45) is 0. The van der Waals surface area contributed by atoms with Crippen LogP contribution in [0.1, 0.15) is 22.1 Å². The average molecular weight is 452 g/mol. The SMILES string of the molecule is COc1ccc(C(Cl)c2cc(Br)ccc2I)c(C)c1. The van der Waals surface area contributed by atoms with Gasteiger partial charge in [-0.2, -0.15) is 0 Å². The Hall–Kier alpha value is -0.260. The van der Waals surface area contributed by atoms with Gasteiger partial charge in [0.1, 0.15) is 5.75 Å². The molecule has 2 rings (SSSR count). The number of benzene rings is 2. The third-order valence-corrected chi connectivity index (χ3v) is 4.93. The van der Waals surface area contributed by atoms with Crippen molar-refractivity contribution in [2.45, 2.75) is 12.3 Å². The fourth-order valence-electron chi connectivity index (χ4n) is 1.94. The molecule has 0 aliphatic heterocycles. The van der Waals surface area contributed by atoms with Crippen LogP contribution < -0.4 is 4.74 Å². The van der Waals surface area contributed by atoms with Gasteiger partial charge in [0.25, 0.3) is 0 Å². The van der Waals surface area contributed by atoms with Gasteiger partial charge in [-0.1, -0.05) is 22.0 Å². The average Bonchev–Trinajstić information content (AvgIpc) is 2.40. The molecule has 1 nitrogen and oxygen atoms in total. The van der Waals surface area contributed by atoms with E-state index in [1.54, 1.807) is 7.11 Å². The summed E-state index contributed by atoms with van der Waals surface area (Å²) in [6, 6.07) is 12.1. The Bertz CT molecular complexity index is 601. The first-order chi connectivity index (χ1) is 9.02. The molecule has 0 aromatic heterocycles. The quantitative estimate of drug-likeness (QED) is 0.430. The van der Waals surface area contributed by atoms with Crippen molar-refractivity contribution in [2.75, 3.05) is 7.11 Å². The van der Waals surface area contributed by atoms with Crippen molar-refractivity contribution in [1.29, 1.82) is 0 Å². The molecule has 0 aliphatic carbocycles. The topological polar surface area (TPSA) is 9.23 Å². The molecule has 0 amide bonds. The molecule has 0 aliphatic rings. The Balaban J connectivity index is 2.43. The molecule has 100 valence electrons. The summed E-state index contributed by atoms with van der Waals surface area (Å²) in [7, 11) is 1.67. The Morgan fingerprint density at radius 2 is 1.89 bits per heavy atom. The van der Waals surface area contributed by atoms with E-state index in [1.165, 1.54) is 0 Å². The molecule has 2 aromatic rings. The molecule has 2 aromatic carbocycles.